The van der Waals surface area contributed by atoms with Gasteiger partial charge in [-0.1, -0.05) is 26.8 Å². The van der Waals surface area contributed by atoms with Gasteiger partial charge in [-0.05, 0) is 30.4 Å². The summed E-state index contributed by atoms with van der Waals surface area (Å²) in [5, 5.41) is 6.70. The Morgan fingerprint density at radius 2 is 1.89 bits per heavy atom. The van der Waals surface area contributed by atoms with Gasteiger partial charge in [-0.3, -0.25) is 0 Å². The number of hydrogen-bond donors (Lipinski definition) is 2. The molecule has 0 saturated carbocycles. The fraction of sp³-hybridized carbons (Fsp3) is 0.667. The van der Waals surface area contributed by atoms with Crippen LogP contribution in [0.3, 0.4) is 0 Å². The molecule has 1 heterocycles. The average molecular weight is 265 g/mol. The highest BCUT2D eigenvalue weighted by Crippen LogP contribution is 2.21. The van der Waals surface area contributed by atoms with Crippen LogP contribution in [0.15, 0.2) is 18.2 Å². The van der Waals surface area contributed by atoms with Gasteiger partial charge in [0.05, 0.1) is 0 Å². The van der Waals surface area contributed by atoms with Crippen LogP contribution in [0.4, 0.5) is 11.6 Å². The molecule has 0 saturated heterocycles. The van der Waals surface area contributed by atoms with E-state index in [0.717, 1.165) is 44.2 Å². The minimum absolute atomic E-state index is 0.199. The van der Waals surface area contributed by atoms with E-state index in [1.807, 2.05) is 18.2 Å². The van der Waals surface area contributed by atoms with Crippen LogP contribution in [0.2, 0.25) is 0 Å². The van der Waals surface area contributed by atoms with Crippen molar-refractivity contribution in [3.8, 4) is 0 Å². The molecule has 0 unspecified atom stereocenters. The predicted molar refractivity (Wildman–Crippen MR) is 81.8 cm³/mol. The zero-order chi connectivity index (χ0) is 14.1. The second-order valence-electron chi connectivity index (χ2n) is 5.60. The van der Waals surface area contributed by atoms with Crippen LogP contribution in [0.1, 0.15) is 33.6 Å². The summed E-state index contributed by atoms with van der Waals surface area (Å²) in [6.07, 6.45) is 2.13. The molecule has 0 aliphatic carbocycles. The van der Waals surface area contributed by atoms with Crippen LogP contribution in [0.25, 0.3) is 0 Å². The lowest BCUT2D eigenvalue weighted by Crippen LogP contribution is -2.25. The van der Waals surface area contributed by atoms with Crippen molar-refractivity contribution in [1.29, 1.82) is 0 Å². The summed E-state index contributed by atoms with van der Waals surface area (Å²) in [4.78, 5) is 4.54. The molecule has 2 N–H and O–H groups in total. The van der Waals surface area contributed by atoms with Crippen molar-refractivity contribution in [1.82, 2.24) is 4.98 Å². The van der Waals surface area contributed by atoms with Crippen molar-refractivity contribution in [2.24, 2.45) is 5.41 Å². The van der Waals surface area contributed by atoms with Gasteiger partial charge in [-0.25, -0.2) is 4.98 Å². The molecule has 4 nitrogen and oxygen atoms in total. The molecule has 4 heteroatoms. The fourth-order valence-corrected chi connectivity index (χ4v) is 1.68. The second-order valence-corrected chi connectivity index (χ2v) is 5.60. The molecular formula is C15H27N3O. The molecule has 0 atom stereocenters. The molecule has 19 heavy (non-hydrogen) atoms. The van der Waals surface area contributed by atoms with Gasteiger partial charge in [0.15, 0.2) is 0 Å². The summed E-state index contributed by atoms with van der Waals surface area (Å²) in [5.41, 5.74) is 0.199. The van der Waals surface area contributed by atoms with Crippen molar-refractivity contribution in [2.45, 2.75) is 33.6 Å². The summed E-state index contributed by atoms with van der Waals surface area (Å²) >= 11 is 0. The van der Waals surface area contributed by atoms with Gasteiger partial charge in [0.1, 0.15) is 11.6 Å². The van der Waals surface area contributed by atoms with Crippen molar-refractivity contribution in [3.05, 3.63) is 18.2 Å². The summed E-state index contributed by atoms with van der Waals surface area (Å²) in [6, 6.07) is 6.02. The van der Waals surface area contributed by atoms with Crippen molar-refractivity contribution in [3.63, 3.8) is 0 Å². The average Bonchev–Trinajstić information content (AvgIpc) is 2.41. The van der Waals surface area contributed by atoms with Crippen LogP contribution in [0.5, 0.6) is 0 Å². The Morgan fingerprint density at radius 1 is 1.21 bits per heavy atom. The van der Waals surface area contributed by atoms with Crippen LogP contribution in [-0.4, -0.2) is 31.8 Å². The molecule has 0 aromatic carbocycles. The van der Waals surface area contributed by atoms with Crippen molar-refractivity contribution >= 4 is 11.6 Å². The normalized spacial score (nSPS) is 11.4. The molecular weight excluding hydrogens is 238 g/mol. The van der Waals surface area contributed by atoms with Crippen LogP contribution >= 0.6 is 0 Å². The molecule has 1 aromatic heterocycles. The summed E-state index contributed by atoms with van der Waals surface area (Å²) < 4.78 is 5.14. The minimum Gasteiger partial charge on any atom is -0.385 e. The fourth-order valence-electron chi connectivity index (χ4n) is 1.68. The number of rotatable bonds is 9. The van der Waals surface area contributed by atoms with E-state index in [1.54, 1.807) is 7.11 Å². The topological polar surface area (TPSA) is 46.2 Å². The Balaban J connectivity index is 2.48. The van der Waals surface area contributed by atoms with Gasteiger partial charge in [0.25, 0.3) is 0 Å². The van der Waals surface area contributed by atoms with Gasteiger partial charge in [-0.15, -0.1) is 0 Å². The Morgan fingerprint density at radius 3 is 2.53 bits per heavy atom. The first-order valence-corrected chi connectivity index (χ1v) is 7.01. The van der Waals surface area contributed by atoms with E-state index in [4.69, 9.17) is 4.74 Å². The van der Waals surface area contributed by atoms with Gasteiger partial charge in [0, 0.05) is 26.8 Å². The molecule has 0 aliphatic heterocycles. The summed E-state index contributed by atoms with van der Waals surface area (Å²) in [7, 11) is 1.74. The lowest BCUT2D eigenvalue weighted by molar-refractivity contribution is 0.157. The van der Waals surface area contributed by atoms with E-state index in [0.29, 0.717) is 0 Å². The van der Waals surface area contributed by atoms with Crippen LogP contribution in [0, 0.1) is 5.41 Å². The van der Waals surface area contributed by atoms with E-state index >= 15 is 0 Å². The van der Waals surface area contributed by atoms with E-state index in [1.165, 1.54) is 0 Å². The molecule has 1 rings (SSSR count). The number of nitrogens with zero attached hydrogens (tertiary/aromatic N) is 1. The van der Waals surface area contributed by atoms with Crippen LogP contribution in [-0.2, 0) is 4.74 Å². The van der Waals surface area contributed by atoms with Gasteiger partial charge in [-0.2, -0.15) is 0 Å². The minimum atomic E-state index is 0.199. The highest BCUT2D eigenvalue weighted by atomic mass is 16.5. The number of anilines is 2. The maximum atomic E-state index is 5.14. The molecule has 0 bridgehead atoms. The van der Waals surface area contributed by atoms with E-state index in [9.17, 15) is 0 Å². The van der Waals surface area contributed by atoms with Crippen molar-refractivity contribution < 1.29 is 4.74 Å². The highest BCUT2D eigenvalue weighted by Gasteiger charge is 2.17. The molecule has 0 fully saturated rings. The van der Waals surface area contributed by atoms with Gasteiger partial charge < -0.3 is 15.4 Å². The zero-order valence-corrected chi connectivity index (χ0v) is 12.6. The van der Waals surface area contributed by atoms with Gasteiger partial charge >= 0.3 is 0 Å². The molecule has 0 amide bonds. The smallest absolute Gasteiger partial charge is 0.128 e. The lowest BCUT2D eigenvalue weighted by Gasteiger charge is -2.25. The Kier molecular flexibility index (Phi) is 6.64. The maximum absolute atomic E-state index is 5.14. The second kappa shape index (κ2) is 8.00. The monoisotopic (exact) mass is 265 g/mol. The number of methoxy groups -OCH3 is 1. The number of ether oxygens (including phenoxy) is 1. The third-order valence-corrected chi connectivity index (χ3v) is 3.04. The molecule has 0 radical (unpaired) electrons. The van der Waals surface area contributed by atoms with E-state index < -0.39 is 0 Å². The predicted octanol–water partition coefficient (Wildman–Crippen LogP) is 3.38. The van der Waals surface area contributed by atoms with E-state index in [-0.39, 0.29) is 5.41 Å². The molecule has 108 valence electrons. The highest BCUT2D eigenvalue weighted by molar-refractivity contribution is 5.45. The third kappa shape index (κ3) is 6.43. The van der Waals surface area contributed by atoms with Crippen LogP contribution < -0.4 is 10.6 Å². The first-order valence-electron chi connectivity index (χ1n) is 7.01. The number of aromatic nitrogens is 1. The number of nitrogens with one attached hydrogen (secondary N) is 2. The SMILES string of the molecule is CCCNc1cccc(NCC(C)(C)CCOC)n1. The number of hydrogen-bond acceptors (Lipinski definition) is 4. The quantitative estimate of drug-likeness (QED) is 0.718. The maximum Gasteiger partial charge on any atom is 0.128 e. The zero-order valence-electron chi connectivity index (χ0n) is 12.6. The molecule has 0 aliphatic rings. The first kappa shape index (κ1) is 15.8. The molecule has 1 aromatic rings. The summed E-state index contributed by atoms with van der Waals surface area (Å²) in [6.45, 7) is 9.25. The van der Waals surface area contributed by atoms with Gasteiger partial charge in [0.2, 0.25) is 0 Å². The lowest BCUT2D eigenvalue weighted by atomic mass is 9.90. The first-order chi connectivity index (χ1) is 9.07. The standard InChI is InChI=1S/C15H27N3O/c1-5-10-16-13-7-6-8-14(18-13)17-12-15(2,3)9-11-19-4/h6-8H,5,9-12H2,1-4H3,(H2,16,17,18). The number of pyridine rings is 1. The summed E-state index contributed by atoms with van der Waals surface area (Å²) in [5.74, 6) is 1.85. The Bertz CT molecular complexity index is 366. The van der Waals surface area contributed by atoms with Crippen molar-refractivity contribution in [2.75, 3.05) is 37.4 Å². The molecule has 0 spiro atoms. The Hall–Kier alpha value is -1.29. The largest absolute Gasteiger partial charge is 0.385 e. The Labute approximate surface area is 117 Å². The van der Waals surface area contributed by atoms with E-state index in [2.05, 4.69) is 36.4 Å². The third-order valence-electron chi connectivity index (χ3n) is 3.04.